The van der Waals surface area contributed by atoms with Crippen molar-refractivity contribution in [2.24, 2.45) is 0 Å². The SMILES string of the molecule is CCC(c1ccncc1)n1cnc2c(N)nc(OCCc3ccccc3)nc21. The van der Waals surface area contributed by atoms with Crippen LogP contribution in [0.15, 0.2) is 61.2 Å². The molecule has 0 bridgehead atoms. The lowest BCUT2D eigenvalue weighted by Gasteiger charge is -2.17. The molecule has 1 atom stereocenters. The van der Waals surface area contributed by atoms with Gasteiger partial charge >= 0.3 is 6.01 Å². The Bertz CT molecular complexity index is 1050. The van der Waals surface area contributed by atoms with Gasteiger partial charge in [-0.3, -0.25) is 4.98 Å². The third-order valence-corrected chi connectivity index (χ3v) is 4.71. The number of benzene rings is 1. The molecule has 0 fully saturated rings. The minimum atomic E-state index is 0.0828. The van der Waals surface area contributed by atoms with Crippen LogP contribution in [0.4, 0.5) is 5.82 Å². The highest BCUT2D eigenvalue weighted by atomic mass is 16.5. The normalized spacial score (nSPS) is 12.2. The molecule has 0 spiro atoms. The smallest absolute Gasteiger partial charge is 0.320 e. The van der Waals surface area contributed by atoms with Crippen molar-refractivity contribution < 1.29 is 4.74 Å². The Morgan fingerprint density at radius 2 is 1.86 bits per heavy atom. The van der Waals surface area contributed by atoms with Crippen LogP contribution >= 0.6 is 0 Å². The molecule has 0 aliphatic rings. The maximum atomic E-state index is 6.12. The first-order chi connectivity index (χ1) is 13.8. The molecule has 0 amide bonds. The zero-order chi connectivity index (χ0) is 19.3. The summed E-state index contributed by atoms with van der Waals surface area (Å²) in [5.74, 6) is 0.322. The van der Waals surface area contributed by atoms with E-state index in [0.29, 0.717) is 23.6 Å². The fourth-order valence-corrected chi connectivity index (χ4v) is 3.29. The molecule has 7 heteroatoms. The van der Waals surface area contributed by atoms with Gasteiger partial charge in [-0.25, -0.2) is 4.98 Å². The van der Waals surface area contributed by atoms with Gasteiger partial charge < -0.3 is 15.0 Å². The molecule has 1 aromatic carbocycles. The number of hydrogen-bond acceptors (Lipinski definition) is 6. The predicted molar refractivity (Wildman–Crippen MR) is 108 cm³/mol. The number of imidazole rings is 1. The zero-order valence-electron chi connectivity index (χ0n) is 15.7. The fraction of sp³-hybridized carbons (Fsp3) is 0.238. The molecule has 7 nitrogen and oxygen atoms in total. The number of nitrogen functional groups attached to an aromatic ring is 1. The lowest BCUT2D eigenvalue weighted by molar-refractivity contribution is 0.297. The maximum absolute atomic E-state index is 6.12. The van der Waals surface area contributed by atoms with Crippen LogP contribution in [0.3, 0.4) is 0 Å². The monoisotopic (exact) mass is 374 g/mol. The van der Waals surface area contributed by atoms with Crippen LogP contribution in [0.1, 0.15) is 30.5 Å². The lowest BCUT2D eigenvalue weighted by Crippen LogP contribution is -2.11. The molecule has 4 rings (SSSR count). The summed E-state index contributed by atoms with van der Waals surface area (Å²) >= 11 is 0. The standard InChI is InChI=1S/C21H22N6O/c1-2-17(16-8-11-23-12-9-16)27-14-24-18-19(22)25-21(26-20(18)27)28-13-10-15-6-4-3-5-7-15/h3-9,11-12,14,17H,2,10,13H2,1H3,(H2,22,25,26). The highest BCUT2D eigenvalue weighted by Gasteiger charge is 2.18. The van der Waals surface area contributed by atoms with Gasteiger partial charge in [0.15, 0.2) is 17.0 Å². The third-order valence-electron chi connectivity index (χ3n) is 4.71. The van der Waals surface area contributed by atoms with Gasteiger partial charge in [-0.15, -0.1) is 0 Å². The minimum absolute atomic E-state index is 0.0828. The number of fused-ring (bicyclic) bond motifs is 1. The van der Waals surface area contributed by atoms with Crippen molar-refractivity contribution in [1.29, 1.82) is 0 Å². The van der Waals surface area contributed by atoms with E-state index in [1.165, 1.54) is 5.56 Å². The van der Waals surface area contributed by atoms with Crippen LogP contribution in [-0.4, -0.2) is 31.1 Å². The van der Waals surface area contributed by atoms with E-state index >= 15 is 0 Å². The highest BCUT2D eigenvalue weighted by molar-refractivity contribution is 5.82. The first kappa shape index (κ1) is 17.9. The fourth-order valence-electron chi connectivity index (χ4n) is 3.29. The van der Waals surface area contributed by atoms with Crippen molar-refractivity contribution in [2.45, 2.75) is 25.8 Å². The molecule has 1 unspecified atom stereocenters. The summed E-state index contributed by atoms with van der Waals surface area (Å²) < 4.78 is 7.81. The highest BCUT2D eigenvalue weighted by Crippen LogP contribution is 2.27. The van der Waals surface area contributed by atoms with Crippen molar-refractivity contribution in [3.05, 3.63) is 72.3 Å². The van der Waals surface area contributed by atoms with E-state index in [1.807, 2.05) is 34.9 Å². The number of hydrogen-bond donors (Lipinski definition) is 1. The maximum Gasteiger partial charge on any atom is 0.320 e. The second-order valence-electron chi connectivity index (χ2n) is 6.50. The Hall–Kier alpha value is -3.48. The van der Waals surface area contributed by atoms with Crippen molar-refractivity contribution >= 4 is 17.0 Å². The summed E-state index contributed by atoms with van der Waals surface area (Å²) in [5.41, 5.74) is 9.71. The van der Waals surface area contributed by atoms with Gasteiger partial charge in [0.2, 0.25) is 0 Å². The Balaban J connectivity index is 1.61. The van der Waals surface area contributed by atoms with Crippen molar-refractivity contribution in [1.82, 2.24) is 24.5 Å². The van der Waals surface area contributed by atoms with E-state index in [0.717, 1.165) is 18.4 Å². The van der Waals surface area contributed by atoms with Gasteiger partial charge in [-0.1, -0.05) is 37.3 Å². The van der Waals surface area contributed by atoms with Gasteiger partial charge in [-0.05, 0) is 29.7 Å². The zero-order valence-corrected chi connectivity index (χ0v) is 15.7. The molecule has 142 valence electrons. The van der Waals surface area contributed by atoms with Gasteiger partial charge in [0, 0.05) is 18.8 Å². The molecule has 0 radical (unpaired) electrons. The van der Waals surface area contributed by atoms with Gasteiger partial charge in [0.25, 0.3) is 0 Å². The third kappa shape index (κ3) is 3.64. The molecular weight excluding hydrogens is 352 g/mol. The topological polar surface area (TPSA) is 91.7 Å². The van der Waals surface area contributed by atoms with E-state index in [-0.39, 0.29) is 12.1 Å². The summed E-state index contributed by atoms with van der Waals surface area (Å²) in [6, 6.07) is 14.5. The molecule has 0 aliphatic carbocycles. The van der Waals surface area contributed by atoms with E-state index in [4.69, 9.17) is 10.5 Å². The van der Waals surface area contributed by atoms with Gasteiger partial charge in [0.05, 0.1) is 19.0 Å². The summed E-state index contributed by atoms with van der Waals surface area (Å²) in [5, 5.41) is 0. The predicted octanol–water partition coefficient (Wildman–Crippen LogP) is 3.42. The largest absolute Gasteiger partial charge is 0.463 e. The van der Waals surface area contributed by atoms with E-state index in [2.05, 4.69) is 39.0 Å². The van der Waals surface area contributed by atoms with E-state index in [1.54, 1.807) is 18.7 Å². The molecule has 3 aromatic heterocycles. The van der Waals surface area contributed by atoms with Crippen molar-refractivity contribution in [3.8, 4) is 6.01 Å². The average molecular weight is 374 g/mol. The Kier molecular flexibility index (Phi) is 5.14. The van der Waals surface area contributed by atoms with Crippen LogP contribution in [-0.2, 0) is 6.42 Å². The summed E-state index contributed by atoms with van der Waals surface area (Å²) in [4.78, 5) is 17.4. The second-order valence-corrected chi connectivity index (χ2v) is 6.50. The number of nitrogens with zero attached hydrogens (tertiary/aromatic N) is 5. The second kappa shape index (κ2) is 8.04. The molecule has 2 N–H and O–H groups in total. The molecule has 0 saturated carbocycles. The number of rotatable bonds is 7. The van der Waals surface area contributed by atoms with Crippen LogP contribution in [0.5, 0.6) is 6.01 Å². The van der Waals surface area contributed by atoms with Crippen LogP contribution in [0, 0.1) is 0 Å². The Labute approximate surface area is 163 Å². The number of anilines is 1. The molecule has 3 heterocycles. The first-order valence-electron chi connectivity index (χ1n) is 9.33. The Morgan fingerprint density at radius 3 is 2.61 bits per heavy atom. The number of ether oxygens (including phenoxy) is 1. The quantitative estimate of drug-likeness (QED) is 0.533. The first-order valence-corrected chi connectivity index (χ1v) is 9.33. The number of nitrogens with two attached hydrogens (primary N) is 1. The molecule has 0 aliphatic heterocycles. The number of pyridine rings is 1. The molecular formula is C21H22N6O. The molecule has 28 heavy (non-hydrogen) atoms. The Morgan fingerprint density at radius 1 is 1.07 bits per heavy atom. The van der Waals surface area contributed by atoms with E-state index < -0.39 is 0 Å². The average Bonchev–Trinajstić information content (AvgIpc) is 3.15. The van der Waals surface area contributed by atoms with Crippen LogP contribution in [0.2, 0.25) is 0 Å². The number of aromatic nitrogens is 5. The lowest BCUT2D eigenvalue weighted by atomic mass is 10.1. The van der Waals surface area contributed by atoms with Crippen molar-refractivity contribution in [3.63, 3.8) is 0 Å². The van der Waals surface area contributed by atoms with Crippen LogP contribution in [0.25, 0.3) is 11.2 Å². The summed E-state index contributed by atoms with van der Waals surface area (Å²) in [7, 11) is 0. The summed E-state index contributed by atoms with van der Waals surface area (Å²) in [6.45, 7) is 2.60. The van der Waals surface area contributed by atoms with Crippen molar-refractivity contribution in [2.75, 3.05) is 12.3 Å². The minimum Gasteiger partial charge on any atom is -0.463 e. The van der Waals surface area contributed by atoms with Gasteiger partial charge in [0.1, 0.15) is 0 Å². The molecule has 0 saturated heterocycles. The van der Waals surface area contributed by atoms with Gasteiger partial charge in [-0.2, -0.15) is 9.97 Å². The van der Waals surface area contributed by atoms with E-state index in [9.17, 15) is 0 Å². The molecule has 4 aromatic rings. The summed E-state index contributed by atoms with van der Waals surface area (Å²) in [6.07, 6.45) is 6.99. The van der Waals surface area contributed by atoms with Crippen LogP contribution < -0.4 is 10.5 Å².